The van der Waals surface area contributed by atoms with Gasteiger partial charge in [-0.3, -0.25) is 19.8 Å². The number of nitrogens with zero attached hydrogens (tertiary/aromatic N) is 5. The van der Waals surface area contributed by atoms with Crippen LogP contribution in [0.25, 0.3) is 0 Å². The van der Waals surface area contributed by atoms with E-state index in [4.69, 9.17) is 30.3 Å². The first-order valence-corrected chi connectivity index (χ1v) is 17.3. The highest BCUT2D eigenvalue weighted by Crippen LogP contribution is 2.45. The number of hydrogen-bond donors (Lipinski definition) is 6. The fourth-order valence-corrected chi connectivity index (χ4v) is 6.49. The van der Waals surface area contributed by atoms with Crippen molar-refractivity contribution >= 4 is 86.5 Å². The fourth-order valence-electron chi connectivity index (χ4n) is 4.53. The van der Waals surface area contributed by atoms with Crippen molar-refractivity contribution in [3.63, 3.8) is 0 Å². The Bertz CT molecular complexity index is 1740. The first kappa shape index (κ1) is 39.8. The highest BCUT2D eigenvalue weighted by molar-refractivity contribution is 8.00. The largest absolute Gasteiger partial charge is 0.750 e. The number of urea groups is 1. The van der Waals surface area contributed by atoms with Crippen molar-refractivity contribution in [2.75, 3.05) is 29.1 Å². The smallest absolute Gasteiger partial charge is 0.352 e. The van der Waals surface area contributed by atoms with E-state index in [1.54, 1.807) is 22.6 Å². The molecule has 1 saturated heterocycles. The molecular formula is C26H34N9O12S3-. The van der Waals surface area contributed by atoms with Crippen molar-refractivity contribution in [3.05, 3.63) is 28.5 Å². The zero-order valence-corrected chi connectivity index (χ0v) is 29.4. The van der Waals surface area contributed by atoms with Crippen LogP contribution >= 0.6 is 23.1 Å². The number of nitrogen functional groups attached to an aromatic ring is 2. The third kappa shape index (κ3) is 9.33. The zero-order chi connectivity index (χ0) is 37.5. The zero-order valence-electron chi connectivity index (χ0n) is 26.9. The van der Waals surface area contributed by atoms with Gasteiger partial charge in [-0.25, -0.2) is 23.6 Å². The molecule has 21 nitrogen and oxygen atoms in total. The standard InChI is InChI=1S/C26H33N9O8S2.H2O4S/c1-5-6-29-25(42)31-14-9-34(33(4)19(14)27)8-12-10-44-21-13(20(37)35(21)18(12)22(38)39)7-16(36)17(15-11-45-24(28)30-15)32-43-26(2,3)23(40)41;1-4-5(2)3/h9,11,13,21,27H,5-8,10H2,1-4H3,(H6,28,29,30,31,38,39,40,41,42);1H,(H,2,3)/p-1/b32-17-;/t13-,21-;/m1./s1. The van der Waals surface area contributed by atoms with Gasteiger partial charge in [0.1, 0.15) is 11.4 Å². The Morgan fingerprint density at radius 1 is 1.28 bits per heavy atom. The van der Waals surface area contributed by atoms with Gasteiger partial charge in [-0.15, -0.1) is 32.5 Å². The van der Waals surface area contributed by atoms with Crippen LogP contribution in [0.15, 0.2) is 28.0 Å². The molecular weight excluding hydrogens is 727 g/mol. The van der Waals surface area contributed by atoms with E-state index in [1.807, 2.05) is 6.92 Å². The number of rotatable bonds is 14. The van der Waals surface area contributed by atoms with Gasteiger partial charge in [0, 0.05) is 29.7 Å². The summed E-state index contributed by atoms with van der Waals surface area (Å²) >= 11 is -0.541. The highest BCUT2D eigenvalue weighted by Gasteiger charge is 2.54. The van der Waals surface area contributed by atoms with Gasteiger partial charge in [0.25, 0.3) is 0 Å². The Morgan fingerprint density at radius 3 is 2.48 bits per heavy atom. The van der Waals surface area contributed by atoms with Crippen molar-refractivity contribution in [1.82, 2.24) is 19.9 Å². The van der Waals surface area contributed by atoms with Gasteiger partial charge in [0.15, 0.2) is 34.7 Å². The lowest BCUT2D eigenvalue weighted by Crippen LogP contribution is -2.62. The number of amides is 3. The topological polar surface area (TPSA) is 321 Å². The molecule has 0 spiro atoms. The number of nitrogens with one attached hydrogen (secondary N) is 2. The van der Waals surface area contributed by atoms with Crippen LogP contribution in [0.4, 0.5) is 21.4 Å². The highest BCUT2D eigenvalue weighted by atomic mass is 32.2. The number of nitrogens with two attached hydrogens (primary N) is 2. The summed E-state index contributed by atoms with van der Waals surface area (Å²) in [5.41, 5.74) is 10.4. The van der Waals surface area contributed by atoms with Crippen molar-refractivity contribution in [2.45, 2.75) is 51.1 Å². The molecule has 0 radical (unpaired) electrons. The van der Waals surface area contributed by atoms with Crippen LogP contribution in [0, 0.1) is 5.92 Å². The number of oxime groups is 1. The van der Waals surface area contributed by atoms with Gasteiger partial charge in [0.2, 0.25) is 17.7 Å². The number of fused-ring (bicyclic) bond motifs is 1. The number of carboxylic acids is 2. The molecule has 3 atom stereocenters. The quantitative estimate of drug-likeness (QED) is 0.0324. The Balaban J connectivity index is 0.00000126. The molecule has 1 unspecified atom stereocenters. The van der Waals surface area contributed by atoms with E-state index in [1.165, 1.54) is 31.0 Å². The number of carbonyl (C=O) groups excluding carboxylic acids is 3. The molecule has 2 aromatic rings. The predicted molar refractivity (Wildman–Crippen MR) is 174 cm³/mol. The molecule has 24 heteroatoms. The average molecular weight is 761 g/mol. The number of hydrogen-bond acceptors (Lipinski definition) is 16. The number of aromatic nitrogens is 3. The van der Waals surface area contributed by atoms with Crippen molar-refractivity contribution in [3.8, 4) is 0 Å². The fraction of sp³-hybridized carbons (Fsp3) is 0.462. The number of Topliss-reactive ketones (excluding diaryl/α,β-unsaturated/α-hetero) is 1. The third-order valence-corrected chi connectivity index (χ3v) is 9.34. The maximum Gasteiger partial charge on any atom is 0.352 e. The lowest BCUT2D eigenvalue weighted by Gasteiger charge is -2.49. The molecule has 8 N–H and O–H groups in total. The average Bonchev–Trinajstić information content (AvgIpc) is 3.60. The van der Waals surface area contributed by atoms with Gasteiger partial charge in [0.05, 0.1) is 29.7 Å². The number of carboxylic acid groups (broad SMARTS) is 2. The second kappa shape index (κ2) is 16.9. The monoisotopic (exact) mass is 760 g/mol. The molecule has 0 aliphatic carbocycles. The molecule has 2 aromatic heterocycles. The predicted octanol–water partition coefficient (Wildman–Crippen LogP) is -1.35. The number of carbonyl (C=O) groups is 5. The van der Waals surface area contributed by atoms with Crippen molar-refractivity contribution < 1.29 is 62.1 Å². The summed E-state index contributed by atoms with van der Waals surface area (Å²) in [6.07, 6.45) is 1.98. The molecule has 274 valence electrons. The molecule has 4 heterocycles. The summed E-state index contributed by atoms with van der Waals surface area (Å²) < 4.78 is 23.3. The van der Waals surface area contributed by atoms with Crippen LogP contribution in [-0.4, -0.2) is 92.2 Å². The molecule has 1 fully saturated rings. The van der Waals surface area contributed by atoms with Gasteiger partial charge in [-0.2, -0.15) is 0 Å². The summed E-state index contributed by atoms with van der Waals surface area (Å²) in [5.74, 6) is -4.23. The molecule has 4 rings (SSSR count). The molecule has 0 saturated carbocycles. The van der Waals surface area contributed by atoms with E-state index in [-0.39, 0.29) is 46.8 Å². The first-order chi connectivity index (χ1) is 23.4. The lowest BCUT2D eigenvalue weighted by atomic mass is 9.89. The minimum atomic E-state index is -2.88. The Hall–Kier alpha value is -4.62. The number of aliphatic carboxylic acids is 2. The SMILES string of the molecule is CCCNC(=O)Nc1c[n+](CC2=C(C(=O)O)N3C(=O)[C@@H](CC(=O)/C(=N\OC(C)(C)C(=O)O)c4csc(N)n4)[C@H]3SC2)n(C)c1N.O=S([O-])O[O-]. The van der Waals surface area contributed by atoms with E-state index in [2.05, 4.69) is 25.1 Å². The van der Waals surface area contributed by atoms with E-state index in [0.717, 1.165) is 22.7 Å². The number of β-lactam (4-membered cyclic amide) rings is 1. The number of thioether (sulfide) groups is 1. The lowest BCUT2D eigenvalue weighted by molar-refractivity contribution is -0.765. The molecule has 50 heavy (non-hydrogen) atoms. The maximum atomic E-state index is 13.4. The first-order valence-electron chi connectivity index (χ1n) is 14.4. The molecule has 2 aliphatic rings. The molecule has 2 aliphatic heterocycles. The van der Waals surface area contributed by atoms with Crippen LogP contribution in [0.3, 0.4) is 0 Å². The van der Waals surface area contributed by atoms with E-state index in [0.29, 0.717) is 17.8 Å². The van der Waals surface area contributed by atoms with Crippen LogP contribution < -0.4 is 32.0 Å². The number of anilines is 3. The van der Waals surface area contributed by atoms with Crippen LogP contribution in [0.5, 0.6) is 0 Å². The van der Waals surface area contributed by atoms with Gasteiger partial charge < -0.3 is 46.0 Å². The van der Waals surface area contributed by atoms with Crippen LogP contribution in [0.1, 0.15) is 39.3 Å². The minimum absolute atomic E-state index is 0.0619. The van der Waals surface area contributed by atoms with Gasteiger partial charge in [-0.1, -0.05) is 12.1 Å². The second-order valence-corrected chi connectivity index (χ2v) is 13.6. The van der Waals surface area contributed by atoms with Gasteiger partial charge in [-0.05, 0) is 20.3 Å². The summed E-state index contributed by atoms with van der Waals surface area (Å²) in [5, 5.41) is 38.1. The number of ketones is 1. The maximum absolute atomic E-state index is 13.4. The summed E-state index contributed by atoms with van der Waals surface area (Å²) in [4.78, 5) is 73.1. The molecule has 0 bridgehead atoms. The normalized spacial score (nSPS) is 17.9. The van der Waals surface area contributed by atoms with Crippen LogP contribution in [0.2, 0.25) is 0 Å². The minimum Gasteiger partial charge on any atom is -0.750 e. The van der Waals surface area contributed by atoms with E-state index < -0.39 is 57.9 Å². The van der Waals surface area contributed by atoms with E-state index >= 15 is 0 Å². The van der Waals surface area contributed by atoms with Crippen molar-refractivity contribution in [2.24, 2.45) is 18.1 Å². The second-order valence-electron chi connectivity index (χ2n) is 11.0. The number of thiazole rings is 1. The summed E-state index contributed by atoms with van der Waals surface area (Å²) in [6.45, 7) is 4.96. The van der Waals surface area contributed by atoms with Crippen molar-refractivity contribution in [1.29, 1.82) is 0 Å². The van der Waals surface area contributed by atoms with E-state index in [9.17, 15) is 34.2 Å². The third-order valence-electron chi connectivity index (χ3n) is 7.15. The van der Waals surface area contributed by atoms with Gasteiger partial charge >= 0.3 is 18.0 Å². The summed E-state index contributed by atoms with van der Waals surface area (Å²) in [7, 11) is 1.65. The Labute approximate surface area is 294 Å². The molecule has 3 amide bonds. The Morgan fingerprint density at radius 2 is 1.94 bits per heavy atom. The molecule has 0 aromatic carbocycles. The van der Waals surface area contributed by atoms with Crippen LogP contribution in [-0.2, 0) is 53.3 Å². The Kier molecular flexibility index (Phi) is 13.4. The summed E-state index contributed by atoms with van der Waals surface area (Å²) in [6, 6.07) is -0.432.